The van der Waals surface area contributed by atoms with Crippen LogP contribution in [-0.4, -0.2) is 186 Å². The summed E-state index contributed by atoms with van der Waals surface area (Å²) >= 11 is 0. The molecule has 0 aromatic heterocycles. The van der Waals surface area contributed by atoms with E-state index < -0.39 is 144 Å². The molecule has 0 aromatic rings. The first kappa shape index (κ1) is 54.5. The normalized spacial score (nSPS) is 52.2. The zero-order valence-corrected chi connectivity index (χ0v) is 41.0. The first-order valence-electron chi connectivity index (χ1n) is 24.6. The highest BCUT2D eigenvalue weighted by Crippen LogP contribution is 2.73. The second kappa shape index (κ2) is 19.5. The van der Waals surface area contributed by atoms with Crippen molar-refractivity contribution in [2.24, 2.45) is 50.2 Å². The average Bonchev–Trinajstić information content (AvgIpc) is 3.28. The maximum absolute atomic E-state index is 13.9. The molecule has 0 aromatic carbocycles. The van der Waals surface area contributed by atoms with E-state index in [9.17, 15) is 70.6 Å². The molecule has 24 atom stereocenters. The van der Waals surface area contributed by atoms with Gasteiger partial charge in [0, 0.05) is 6.61 Å². The lowest BCUT2D eigenvalue weighted by atomic mass is 9.35. The Morgan fingerprint density at radius 3 is 1.93 bits per heavy atom. The first-order valence-corrected chi connectivity index (χ1v) is 24.6. The molecule has 7 rings (SSSR count). The molecule has 3 heterocycles. The minimum Gasteiger partial charge on any atom is -0.481 e. The summed E-state index contributed by atoms with van der Waals surface area (Å²) in [5, 5.41) is 118. The van der Waals surface area contributed by atoms with E-state index in [0.29, 0.717) is 44.9 Å². The predicted octanol–water partition coefficient (Wildman–Crippen LogP) is 0.614. The van der Waals surface area contributed by atoms with Gasteiger partial charge in [-0.05, 0) is 111 Å². The Morgan fingerprint density at radius 2 is 1.33 bits per heavy atom. The van der Waals surface area contributed by atoms with Crippen LogP contribution < -0.4 is 0 Å². The van der Waals surface area contributed by atoms with E-state index >= 15 is 0 Å². The number of aldehydes is 1. The van der Waals surface area contributed by atoms with Crippen LogP contribution in [0.5, 0.6) is 0 Å². The zero-order valence-electron chi connectivity index (χ0n) is 41.0. The summed E-state index contributed by atoms with van der Waals surface area (Å²) in [6.45, 7) is 15.0. The van der Waals surface area contributed by atoms with E-state index in [-0.39, 0.29) is 36.2 Å². The van der Waals surface area contributed by atoms with Gasteiger partial charge in [0.2, 0.25) is 0 Å². The molecule has 20 heteroatoms. The summed E-state index contributed by atoms with van der Waals surface area (Å²) in [5.41, 5.74) is -2.95. The molecule has 0 amide bonds. The number of hydrogen-bond acceptors (Lipinski definition) is 18. The van der Waals surface area contributed by atoms with Gasteiger partial charge in [-0.15, -0.1) is 0 Å². The number of aliphatic carboxylic acids is 2. The van der Waals surface area contributed by atoms with Crippen LogP contribution in [0.15, 0.2) is 11.6 Å². The number of carboxylic acid groups (broad SMARTS) is 2. The lowest BCUT2D eigenvalue weighted by Crippen LogP contribution is -2.68. The van der Waals surface area contributed by atoms with Crippen LogP contribution in [0.1, 0.15) is 113 Å². The van der Waals surface area contributed by atoms with Crippen molar-refractivity contribution >= 4 is 18.2 Å². The standard InChI is InChI=1S/C49H78O20/c1-22-29(53)31(55)33(57)40(64-22)67-36-35(59)37(39(60)61)68-42(38(36)69-41-34(58)32(56)30(54)25(20-51)65-41)66-28-12-13-46(5)26(47(28,6)21-52)11-14-49(8)27(46)10-9-23(48(49,7)17-18-50)24-19-44(2,3)15-16-45(24,4)43(62)63/h9,21-22,24-38,40-42,50-51,53-59H,10-20H2,1-8H3,(H,60,61)(H,62,63)/t22?,24?,25?,26?,27?,28-,29-,30-,31?,32?,33?,34?,35-,36?,37?,38?,40-,41-,42+,45?,46?,47?,48?,49?/m0/s1. The van der Waals surface area contributed by atoms with Gasteiger partial charge in [0.25, 0.3) is 0 Å². The number of carbonyl (C=O) groups excluding carboxylic acids is 1. The Kier molecular flexibility index (Phi) is 15.4. The molecule has 394 valence electrons. The van der Waals surface area contributed by atoms with Gasteiger partial charge in [-0.25, -0.2) is 4.79 Å². The third-order valence-corrected chi connectivity index (χ3v) is 19.1. The number of allylic oxidation sites excluding steroid dienone is 2. The Bertz CT molecular complexity index is 1910. The van der Waals surface area contributed by atoms with E-state index in [4.69, 9.17) is 28.4 Å². The summed E-state index contributed by atoms with van der Waals surface area (Å²) in [7, 11) is 0. The Labute approximate surface area is 402 Å². The monoisotopic (exact) mass is 987 g/mol. The van der Waals surface area contributed by atoms with Crippen molar-refractivity contribution in [3.8, 4) is 0 Å². The smallest absolute Gasteiger partial charge is 0.335 e. The number of rotatable bonds is 13. The molecule has 69 heavy (non-hydrogen) atoms. The number of aliphatic hydroxyl groups is 9. The molecule has 6 fully saturated rings. The van der Waals surface area contributed by atoms with E-state index in [0.717, 1.165) is 18.3 Å². The Hall–Kier alpha value is -2.25. The van der Waals surface area contributed by atoms with Crippen molar-refractivity contribution in [3.05, 3.63) is 11.6 Å². The van der Waals surface area contributed by atoms with Gasteiger partial charge in [0.1, 0.15) is 67.3 Å². The molecule has 20 nitrogen and oxygen atoms in total. The minimum atomic E-state index is -2.15. The van der Waals surface area contributed by atoms with Crippen molar-refractivity contribution in [2.45, 2.75) is 211 Å². The van der Waals surface area contributed by atoms with Crippen LogP contribution in [-0.2, 0) is 42.8 Å². The zero-order chi connectivity index (χ0) is 51.1. The summed E-state index contributed by atoms with van der Waals surface area (Å²) in [4.78, 5) is 39.8. The quantitative estimate of drug-likeness (QED) is 0.0684. The number of hydrogen-bond donors (Lipinski definition) is 11. The number of fused-ring (bicyclic) bond motifs is 3. The van der Waals surface area contributed by atoms with Gasteiger partial charge in [0.15, 0.2) is 25.0 Å². The van der Waals surface area contributed by atoms with E-state index in [1.807, 2.05) is 6.92 Å². The van der Waals surface area contributed by atoms with Crippen LogP contribution in [0.3, 0.4) is 0 Å². The fraction of sp³-hybridized carbons (Fsp3) is 0.898. The third kappa shape index (κ3) is 8.95. The number of ether oxygens (including phenoxy) is 6. The fourth-order valence-corrected chi connectivity index (χ4v) is 14.4. The molecule has 3 saturated heterocycles. The van der Waals surface area contributed by atoms with Crippen LogP contribution >= 0.6 is 0 Å². The van der Waals surface area contributed by atoms with Crippen LogP contribution in [0.25, 0.3) is 0 Å². The van der Waals surface area contributed by atoms with Crippen LogP contribution in [0.2, 0.25) is 0 Å². The molecule has 0 radical (unpaired) electrons. The molecule has 3 saturated carbocycles. The predicted molar refractivity (Wildman–Crippen MR) is 238 cm³/mol. The lowest BCUT2D eigenvalue weighted by Gasteiger charge is -2.69. The van der Waals surface area contributed by atoms with Crippen molar-refractivity contribution in [1.29, 1.82) is 0 Å². The van der Waals surface area contributed by atoms with Crippen molar-refractivity contribution in [1.82, 2.24) is 0 Å². The van der Waals surface area contributed by atoms with E-state index in [1.165, 1.54) is 6.92 Å². The lowest BCUT2D eigenvalue weighted by molar-refractivity contribution is -0.394. The number of aliphatic hydroxyl groups excluding tert-OH is 9. The van der Waals surface area contributed by atoms with E-state index in [1.54, 1.807) is 6.92 Å². The summed E-state index contributed by atoms with van der Waals surface area (Å²) in [6, 6.07) is 0. The second-order valence-electron chi connectivity index (χ2n) is 23.4. The Morgan fingerprint density at radius 1 is 0.710 bits per heavy atom. The third-order valence-electron chi connectivity index (χ3n) is 19.1. The molecule has 4 aliphatic carbocycles. The van der Waals surface area contributed by atoms with Crippen molar-refractivity contribution < 1.29 is 99.0 Å². The molecule has 11 N–H and O–H groups in total. The molecule has 0 spiro atoms. The summed E-state index contributed by atoms with van der Waals surface area (Å²) < 4.78 is 36.3. The van der Waals surface area contributed by atoms with E-state index in [2.05, 4.69) is 40.7 Å². The van der Waals surface area contributed by atoms with Gasteiger partial charge >= 0.3 is 11.9 Å². The topological polar surface area (TPSA) is 329 Å². The molecule has 0 bridgehead atoms. The minimum absolute atomic E-state index is 0.0485. The van der Waals surface area contributed by atoms with Crippen LogP contribution in [0, 0.1) is 50.2 Å². The summed E-state index contributed by atoms with van der Waals surface area (Å²) in [5.74, 6) is -3.19. The molecule has 17 unspecified atom stereocenters. The SMILES string of the molecule is CC1O[C@@H](OC2C(O[C@@H]3OC(CO)[C@H](O)C(O)C3O)[C@H](O[C@H]3CCC4(C)C(CCC5(C)C4CC=C(C4CC(C)(C)CCC4(C)C(=O)O)C5(C)CCO)C3(C)C=O)OC(C(=O)O)[C@H]2O)C(O)C(O)[C@H]1O. The van der Waals surface area contributed by atoms with Gasteiger partial charge in [0.05, 0.1) is 29.6 Å². The van der Waals surface area contributed by atoms with Gasteiger partial charge in [-0.3, -0.25) is 4.79 Å². The number of carboxylic acids is 2. The van der Waals surface area contributed by atoms with Gasteiger partial charge < -0.3 is 89.4 Å². The second-order valence-corrected chi connectivity index (χ2v) is 23.4. The van der Waals surface area contributed by atoms with Gasteiger partial charge in [-0.1, -0.05) is 53.2 Å². The van der Waals surface area contributed by atoms with Crippen molar-refractivity contribution in [3.63, 3.8) is 0 Å². The highest BCUT2D eigenvalue weighted by atomic mass is 16.8. The van der Waals surface area contributed by atoms with Crippen LogP contribution in [0.4, 0.5) is 0 Å². The maximum Gasteiger partial charge on any atom is 0.335 e. The average molecular weight is 987 g/mol. The molecular weight excluding hydrogens is 909 g/mol. The maximum atomic E-state index is 13.9. The molecule has 3 aliphatic heterocycles. The highest BCUT2D eigenvalue weighted by molar-refractivity contribution is 5.75. The molecular formula is C49H78O20. The number of carbonyl (C=O) groups is 3. The van der Waals surface area contributed by atoms with Gasteiger partial charge in [-0.2, -0.15) is 0 Å². The molecule has 7 aliphatic rings. The largest absolute Gasteiger partial charge is 0.481 e. The Balaban J connectivity index is 1.24. The fourth-order valence-electron chi connectivity index (χ4n) is 14.4. The highest BCUT2D eigenvalue weighted by Gasteiger charge is 2.69. The first-order chi connectivity index (χ1) is 32.1. The summed E-state index contributed by atoms with van der Waals surface area (Å²) in [6.07, 6.45) is -20.5. The van der Waals surface area contributed by atoms with Crippen molar-refractivity contribution in [2.75, 3.05) is 13.2 Å².